The minimum absolute atomic E-state index is 0.0336. The van der Waals surface area contributed by atoms with Crippen LogP contribution in [-0.2, 0) is 6.54 Å². The van der Waals surface area contributed by atoms with Crippen LogP contribution in [0, 0.1) is 5.82 Å². The Morgan fingerprint density at radius 3 is 2.91 bits per heavy atom. The second-order valence-electron chi connectivity index (χ2n) is 5.62. The van der Waals surface area contributed by atoms with E-state index in [1.54, 1.807) is 11.0 Å². The molecule has 2 amide bonds. The van der Waals surface area contributed by atoms with E-state index in [2.05, 4.69) is 5.32 Å². The van der Waals surface area contributed by atoms with Crippen molar-refractivity contribution in [2.24, 2.45) is 0 Å². The molecule has 1 saturated heterocycles. The van der Waals surface area contributed by atoms with Crippen LogP contribution in [0.5, 0.6) is 5.75 Å². The van der Waals surface area contributed by atoms with Crippen molar-refractivity contribution in [3.8, 4) is 5.75 Å². The number of halogens is 1. The third-order valence-corrected chi connectivity index (χ3v) is 4.45. The molecule has 0 radical (unpaired) electrons. The fourth-order valence-electron chi connectivity index (χ4n) is 2.99. The third kappa shape index (κ3) is 3.16. The predicted molar refractivity (Wildman–Crippen MR) is 81.2 cm³/mol. The average molecular weight is 310 g/mol. The molecule has 0 bridgehead atoms. The smallest absolute Gasteiger partial charge is 0.318 e. The lowest BCUT2D eigenvalue weighted by atomic mass is 9.94. The number of hydrogen-bond donors (Lipinski definition) is 2. The van der Waals surface area contributed by atoms with Crippen LogP contribution < -0.4 is 10.1 Å². The van der Waals surface area contributed by atoms with Crippen molar-refractivity contribution in [3.05, 3.63) is 29.6 Å². The summed E-state index contributed by atoms with van der Waals surface area (Å²) in [6, 6.07) is 4.38. The quantitative estimate of drug-likeness (QED) is 0.877. The maximum absolute atomic E-state index is 13.6. The number of hydrogen-bond acceptors (Lipinski definition) is 3. The van der Waals surface area contributed by atoms with Crippen LogP contribution in [0.3, 0.4) is 0 Å². The number of aliphatic hydroxyl groups is 1. The molecule has 0 saturated carbocycles. The van der Waals surface area contributed by atoms with Gasteiger partial charge >= 0.3 is 6.03 Å². The molecule has 0 spiro atoms. The molecule has 1 unspecified atom stereocenters. The molecule has 6 heteroatoms. The van der Waals surface area contributed by atoms with Crippen LogP contribution in [-0.4, -0.2) is 41.8 Å². The minimum Gasteiger partial charge on any atom is -0.494 e. The lowest BCUT2D eigenvalue weighted by Gasteiger charge is -2.36. The molecule has 2 N–H and O–H groups in total. The van der Waals surface area contributed by atoms with E-state index in [1.165, 1.54) is 19.2 Å². The molecule has 122 valence electrons. The Balaban J connectivity index is 1.99. The van der Waals surface area contributed by atoms with Gasteiger partial charge in [-0.1, -0.05) is 13.0 Å². The summed E-state index contributed by atoms with van der Waals surface area (Å²) in [7, 11) is 1.41. The van der Waals surface area contributed by atoms with Crippen molar-refractivity contribution in [2.45, 2.75) is 38.3 Å². The van der Waals surface area contributed by atoms with Crippen molar-refractivity contribution in [3.63, 3.8) is 0 Å². The van der Waals surface area contributed by atoms with E-state index in [0.29, 0.717) is 18.5 Å². The van der Waals surface area contributed by atoms with Gasteiger partial charge in [-0.25, -0.2) is 9.18 Å². The molecule has 22 heavy (non-hydrogen) atoms. The normalized spacial score (nSPS) is 21.0. The Morgan fingerprint density at radius 1 is 1.55 bits per heavy atom. The molecule has 1 aromatic carbocycles. The summed E-state index contributed by atoms with van der Waals surface area (Å²) in [6.45, 7) is 2.81. The summed E-state index contributed by atoms with van der Waals surface area (Å²) in [5, 5.41) is 12.4. The van der Waals surface area contributed by atoms with E-state index in [9.17, 15) is 14.3 Å². The number of benzene rings is 1. The summed E-state index contributed by atoms with van der Waals surface area (Å²) in [5.74, 6) is -0.270. The number of carbonyl (C=O) groups is 1. The lowest BCUT2D eigenvalue weighted by molar-refractivity contribution is 0.0808. The van der Waals surface area contributed by atoms with Crippen LogP contribution in [0.1, 0.15) is 31.7 Å². The maximum atomic E-state index is 13.6. The number of ether oxygens (including phenoxy) is 1. The van der Waals surface area contributed by atoms with E-state index in [1.807, 2.05) is 6.92 Å². The number of methoxy groups -OCH3 is 1. The van der Waals surface area contributed by atoms with Gasteiger partial charge in [-0.05, 0) is 37.0 Å². The fourth-order valence-corrected chi connectivity index (χ4v) is 2.99. The Morgan fingerprint density at radius 2 is 2.32 bits per heavy atom. The van der Waals surface area contributed by atoms with Gasteiger partial charge in [0.1, 0.15) is 0 Å². The standard InChI is InChI=1S/C16H23FN2O3/c1-3-16(11-20)7-4-8-19(16)15(21)18-10-12-5-6-14(22-2)13(17)9-12/h5-6,9,20H,3-4,7-8,10-11H2,1-2H3,(H,18,21). The van der Waals surface area contributed by atoms with Crippen LogP contribution in [0.15, 0.2) is 18.2 Å². The number of likely N-dealkylation sites (tertiary alicyclic amines) is 1. The highest BCUT2D eigenvalue weighted by atomic mass is 19.1. The Kier molecular flexibility index (Phi) is 5.24. The molecule has 2 rings (SSSR count). The van der Waals surface area contributed by atoms with E-state index < -0.39 is 11.4 Å². The molecule has 1 aromatic rings. The topological polar surface area (TPSA) is 61.8 Å². The predicted octanol–water partition coefficient (Wildman–Crippen LogP) is 2.28. The highest BCUT2D eigenvalue weighted by Crippen LogP contribution is 2.31. The Labute approximate surface area is 130 Å². The molecule has 0 aliphatic carbocycles. The summed E-state index contributed by atoms with van der Waals surface area (Å²) in [5.41, 5.74) is 0.201. The zero-order valence-corrected chi connectivity index (χ0v) is 13.1. The van der Waals surface area contributed by atoms with Gasteiger partial charge in [0.25, 0.3) is 0 Å². The fraction of sp³-hybridized carbons (Fsp3) is 0.562. The molecule has 1 aliphatic heterocycles. The number of urea groups is 1. The lowest BCUT2D eigenvalue weighted by Crippen LogP contribution is -2.53. The first-order chi connectivity index (χ1) is 10.6. The highest BCUT2D eigenvalue weighted by molar-refractivity contribution is 5.75. The number of nitrogens with one attached hydrogen (secondary N) is 1. The molecule has 5 nitrogen and oxygen atoms in total. The van der Waals surface area contributed by atoms with Gasteiger partial charge in [0.05, 0.1) is 19.3 Å². The van der Waals surface area contributed by atoms with E-state index >= 15 is 0 Å². The molecular formula is C16H23FN2O3. The van der Waals surface area contributed by atoms with Gasteiger partial charge in [-0.3, -0.25) is 0 Å². The van der Waals surface area contributed by atoms with Gasteiger partial charge in [-0.2, -0.15) is 0 Å². The average Bonchev–Trinajstić information content (AvgIpc) is 2.97. The summed E-state index contributed by atoms with van der Waals surface area (Å²) >= 11 is 0. The Hall–Kier alpha value is -1.82. The summed E-state index contributed by atoms with van der Waals surface area (Å²) < 4.78 is 18.5. The minimum atomic E-state index is -0.463. The third-order valence-electron chi connectivity index (χ3n) is 4.45. The monoisotopic (exact) mass is 310 g/mol. The highest BCUT2D eigenvalue weighted by Gasteiger charge is 2.41. The summed E-state index contributed by atoms with van der Waals surface area (Å²) in [6.07, 6.45) is 2.41. The molecular weight excluding hydrogens is 287 g/mol. The number of nitrogens with zero attached hydrogens (tertiary/aromatic N) is 1. The SMILES string of the molecule is CCC1(CO)CCCN1C(=O)NCc1ccc(OC)c(F)c1. The first-order valence-electron chi connectivity index (χ1n) is 7.55. The van der Waals surface area contributed by atoms with Gasteiger partial charge < -0.3 is 20.1 Å². The number of amides is 2. The van der Waals surface area contributed by atoms with Gasteiger partial charge in [0.15, 0.2) is 11.6 Å². The van der Waals surface area contributed by atoms with E-state index in [0.717, 1.165) is 12.8 Å². The number of carbonyl (C=O) groups excluding carboxylic acids is 1. The summed E-state index contributed by atoms with van der Waals surface area (Å²) in [4.78, 5) is 14.0. The van der Waals surface area contributed by atoms with Crippen LogP contribution in [0.25, 0.3) is 0 Å². The zero-order chi connectivity index (χ0) is 16.2. The largest absolute Gasteiger partial charge is 0.494 e. The van der Waals surface area contributed by atoms with Gasteiger partial charge in [0.2, 0.25) is 0 Å². The number of rotatable bonds is 5. The van der Waals surface area contributed by atoms with Crippen molar-refractivity contribution in [1.29, 1.82) is 0 Å². The number of aliphatic hydroxyl groups excluding tert-OH is 1. The first-order valence-corrected chi connectivity index (χ1v) is 7.55. The van der Waals surface area contributed by atoms with Gasteiger partial charge in [0, 0.05) is 13.1 Å². The molecule has 1 atom stereocenters. The van der Waals surface area contributed by atoms with E-state index in [4.69, 9.17) is 4.74 Å². The van der Waals surface area contributed by atoms with Gasteiger partial charge in [-0.15, -0.1) is 0 Å². The zero-order valence-electron chi connectivity index (χ0n) is 13.1. The van der Waals surface area contributed by atoms with Crippen LogP contribution in [0.2, 0.25) is 0 Å². The maximum Gasteiger partial charge on any atom is 0.318 e. The second-order valence-corrected chi connectivity index (χ2v) is 5.62. The van der Waals surface area contributed by atoms with Crippen molar-refractivity contribution < 1.29 is 19.0 Å². The molecule has 1 aliphatic rings. The Bertz CT molecular complexity index is 532. The van der Waals surface area contributed by atoms with E-state index in [-0.39, 0.29) is 24.9 Å². The van der Waals surface area contributed by atoms with Crippen molar-refractivity contribution >= 4 is 6.03 Å². The van der Waals surface area contributed by atoms with Crippen molar-refractivity contribution in [1.82, 2.24) is 10.2 Å². The van der Waals surface area contributed by atoms with Crippen LogP contribution >= 0.6 is 0 Å². The second kappa shape index (κ2) is 6.96. The first kappa shape index (κ1) is 16.5. The molecule has 1 fully saturated rings. The molecule has 1 heterocycles. The van der Waals surface area contributed by atoms with Crippen LogP contribution in [0.4, 0.5) is 9.18 Å². The van der Waals surface area contributed by atoms with Crippen molar-refractivity contribution in [2.75, 3.05) is 20.3 Å². The molecule has 0 aromatic heterocycles.